The predicted octanol–water partition coefficient (Wildman–Crippen LogP) is 2.29. The molecule has 9 heteroatoms. The minimum absolute atomic E-state index is 0.144. The number of amides is 1. The third-order valence-corrected chi connectivity index (χ3v) is 4.17. The minimum atomic E-state index is -0.676. The van der Waals surface area contributed by atoms with Crippen LogP contribution in [-0.2, 0) is 6.54 Å². The number of carbonyl (C=O) groups excluding carboxylic acids is 1. The molecule has 0 aliphatic heterocycles. The van der Waals surface area contributed by atoms with E-state index in [9.17, 15) is 14.0 Å². The van der Waals surface area contributed by atoms with Crippen molar-refractivity contribution in [1.29, 1.82) is 0 Å². The van der Waals surface area contributed by atoms with Crippen LogP contribution in [-0.4, -0.2) is 27.2 Å². The van der Waals surface area contributed by atoms with Crippen molar-refractivity contribution in [3.05, 3.63) is 86.0 Å². The summed E-state index contributed by atoms with van der Waals surface area (Å²) in [7, 11) is 0. The maximum absolute atomic E-state index is 12.9. The lowest BCUT2D eigenvalue weighted by Gasteiger charge is -2.02. The molecule has 0 fully saturated rings. The molecule has 1 amide bonds. The number of H-pyrrole nitrogens is 1. The molecule has 1 aromatic heterocycles. The van der Waals surface area contributed by atoms with Crippen LogP contribution in [0.1, 0.15) is 21.6 Å². The molecule has 0 aliphatic rings. The number of nitrogens with zero attached hydrogens (tertiary/aromatic N) is 3. The Morgan fingerprint density at radius 1 is 1.27 bits per heavy atom. The molecule has 0 aliphatic carbocycles. The average molecular weight is 418 g/mol. The Kier molecular flexibility index (Phi) is 5.37. The standard InChI is InChI=1S/C17H13BrFN5O2/c18-14-4-2-1-3-12(14)10-21-24-17(26)15(22-23-24)16(25)20-9-11-5-7-13(19)8-6-11/h1-8,10,23H,9H2,(H,20,25). The summed E-state index contributed by atoms with van der Waals surface area (Å²) in [5.74, 6) is -1.01. The van der Waals surface area contributed by atoms with Gasteiger partial charge in [-0.2, -0.15) is 10.3 Å². The van der Waals surface area contributed by atoms with Crippen molar-refractivity contribution >= 4 is 28.1 Å². The molecule has 0 unspecified atom stereocenters. The van der Waals surface area contributed by atoms with E-state index in [4.69, 9.17) is 0 Å². The van der Waals surface area contributed by atoms with Crippen molar-refractivity contribution < 1.29 is 9.18 Å². The molecule has 0 bridgehead atoms. The van der Waals surface area contributed by atoms with Gasteiger partial charge in [0.15, 0.2) is 0 Å². The van der Waals surface area contributed by atoms with Crippen molar-refractivity contribution in [2.75, 3.05) is 0 Å². The van der Waals surface area contributed by atoms with Gasteiger partial charge in [0.1, 0.15) is 5.82 Å². The maximum Gasteiger partial charge on any atom is 0.320 e. The van der Waals surface area contributed by atoms with Gasteiger partial charge in [-0.05, 0) is 23.8 Å². The summed E-state index contributed by atoms with van der Waals surface area (Å²) in [5.41, 5.74) is 0.472. The van der Waals surface area contributed by atoms with E-state index < -0.39 is 11.5 Å². The second kappa shape index (κ2) is 7.87. The zero-order chi connectivity index (χ0) is 18.5. The van der Waals surface area contributed by atoms with Gasteiger partial charge >= 0.3 is 5.56 Å². The average Bonchev–Trinajstić information content (AvgIpc) is 3.01. The highest BCUT2D eigenvalue weighted by atomic mass is 79.9. The largest absolute Gasteiger partial charge is 0.346 e. The Labute approximate surface area is 155 Å². The van der Waals surface area contributed by atoms with Crippen LogP contribution in [0.5, 0.6) is 0 Å². The van der Waals surface area contributed by atoms with E-state index in [0.29, 0.717) is 5.56 Å². The number of carbonyl (C=O) groups is 1. The Morgan fingerprint density at radius 3 is 2.73 bits per heavy atom. The summed E-state index contributed by atoms with van der Waals surface area (Å²) in [6.07, 6.45) is 1.46. The van der Waals surface area contributed by atoms with E-state index in [-0.39, 0.29) is 18.1 Å². The van der Waals surface area contributed by atoms with Crippen molar-refractivity contribution in [3.63, 3.8) is 0 Å². The molecule has 1 heterocycles. The summed E-state index contributed by atoms with van der Waals surface area (Å²) in [4.78, 5) is 25.2. The second-order valence-corrected chi connectivity index (χ2v) is 6.11. The fraction of sp³-hybridized carbons (Fsp3) is 0.0588. The molecule has 0 saturated carbocycles. The molecule has 3 rings (SSSR count). The van der Waals surface area contributed by atoms with Crippen LogP contribution in [0.15, 0.2) is 62.9 Å². The lowest BCUT2D eigenvalue weighted by atomic mass is 10.2. The molecule has 26 heavy (non-hydrogen) atoms. The number of aromatic nitrogens is 3. The van der Waals surface area contributed by atoms with Gasteiger partial charge in [-0.1, -0.05) is 46.3 Å². The highest BCUT2D eigenvalue weighted by Gasteiger charge is 2.16. The first kappa shape index (κ1) is 17.7. The molecule has 0 radical (unpaired) electrons. The lowest BCUT2D eigenvalue weighted by Crippen LogP contribution is -2.29. The van der Waals surface area contributed by atoms with Crippen LogP contribution in [0.2, 0.25) is 0 Å². The van der Waals surface area contributed by atoms with Gasteiger partial charge in [-0.25, -0.2) is 4.39 Å². The minimum Gasteiger partial charge on any atom is -0.346 e. The van der Waals surface area contributed by atoms with E-state index in [1.54, 1.807) is 12.1 Å². The van der Waals surface area contributed by atoms with Crippen LogP contribution < -0.4 is 10.9 Å². The van der Waals surface area contributed by atoms with Gasteiger partial charge in [-0.15, -0.1) is 9.89 Å². The highest BCUT2D eigenvalue weighted by molar-refractivity contribution is 9.10. The number of hydrogen-bond donors (Lipinski definition) is 2. The molecule has 3 aromatic rings. The van der Waals surface area contributed by atoms with Crippen LogP contribution in [0.4, 0.5) is 4.39 Å². The molecule has 132 valence electrons. The van der Waals surface area contributed by atoms with Gasteiger partial charge < -0.3 is 5.32 Å². The molecular weight excluding hydrogens is 405 g/mol. The summed E-state index contributed by atoms with van der Waals surface area (Å²) < 4.78 is 13.7. The molecule has 0 atom stereocenters. The van der Waals surface area contributed by atoms with Crippen molar-refractivity contribution in [2.45, 2.75) is 6.54 Å². The van der Waals surface area contributed by atoms with Gasteiger partial charge in [-0.3, -0.25) is 9.59 Å². The number of halogens is 2. The van der Waals surface area contributed by atoms with Crippen LogP contribution >= 0.6 is 15.9 Å². The zero-order valence-corrected chi connectivity index (χ0v) is 14.9. The van der Waals surface area contributed by atoms with E-state index in [1.807, 2.05) is 24.3 Å². The van der Waals surface area contributed by atoms with Crippen LogP contribution in [0, 0.1) is 5.82 Å². The monoisotopic (exact) mass is 417 g/mol. The fourth-order valence-electron chi connectivity index (χ4n) is 2.09. The Bertz CT molecular complexity index is 1010. The Morgan fingerprint density at radius 2 is 2.00 bits per heavy atom. The SMILES string of the molecule is O=C(NCc1ccc(F)cc1)c1n[nH]n(N=Cc2ccccc2Br)c1=O. The molecule has 2 aromatic carbocycles. The normalized spacial score (nSPS) is 11.0. The molecular formula is C17H13BrFN5O2. The third-order valence-electron chi connectivity index (χ3n) is 3.45. The summed E-state index contributed by atoms with van der Waals surface area (Å²) in [6.45, 7) is 0.144. The van der Waals surface area contributed by atoms with Crippen molar-refractivity contribution in [2.24, 2.45) is 5.10 Å². The molecule has 7 nitrogen and oxygen atoms in total. The Hall–Kier alpha value is -3.07. The third kappa shape index (κ3) is 4.12. The molecule has 0 saturated heterocycles. The fourth-order valence-corrected chi connectivity index (χ4v) is 2.47. The summed E-state index contributed by atoms with van der Waals surface area (Å²) >= 11 is 3.37. The second-order valence-electron chi connectivity index (χ2n) is 5.25. The predicted molar refractivity (Wildman–Crippen MR) is 97.6 cm³/mol. The first-order valence-electron chi connectivity index (χ1n) is 7.53. The maximum atomic E-state index is 12.9. The van der Waals surface area contributed by atoms with E-state index in [2.05, 4.69) is 36.7 Å². The quantitative estimate of drug-likeness (QED) is 0.623. The van der Waals surface area contributed by atoms with Gasteiger partial charge in [0.05, 0.1) is 6.21 Å². The number of benzene rings is 2. The summed E-state index contributed by atoms with van der Waals surface area (Å²) in [6, 6.07) is 13.0. The molecule has 2 N–H and O–H groups in total. The van der Waals surface area contributed by atoms with E-state index in [1.165, 1.54) is 18.3 Å². The van der Waals surface area contributed by atoms with Gasteiger partial charge in [0, 0.05) is 16.6 Å². The first-order chi connectivity index (χ1) is 12.5. The number of hydrogen-bond acceptors (Lipinski definition) is 4. The van der Waals surface area contributed by atoms with Crippen molar-refractivity contribution in [3.8, 4) is 0 Å². The topological polar surface area (TPSA) is 92.1 Å². The number of nitrogens with one attached hydrogen (secondary N) is 2. The zero-order valence-electron chi connectivity index (χ0n) is 13.3. The van der Waals surface area contributed by atoms with Crippen LogP contribution in [0.25, 0.3) is 0 Å². The number of aromatic amines is 1. The molecule has 0 spiro atoms. The van der Waals surface area contributed by atoms with E-state index in [0.717, 1.165) is 14.8 Å². The number of rotatable bonds is 5. The highest BCUT2D eigenvalue weighted by Crippen LogP contribution is 2.13. The van der Waals surface area contributed by atoms with Crippen molar-refractivity contribution in [1.82, 2.24) is 20.4 Å². The summed E-state index contributed by atoms with van der Waals surface area (Å²) in [5, 5.41) is 12.6. The smallest absolute Gasteiger partial charge is 0.320 e. The Balaban J connectivity index is 1.70. The lowest BCUT2D eigenvalue weighted by molar-refractivity contribution is 0.0944. The van der Waals surface area contributed by atoms with Crippen LogP contribution in [0.3, 0.4) is 0 Å². The first-order valence-corrected chi connectivity index (χ1v) is 8.33. The van der Waals surface area contributed by atoms with Gasteiger partial charge in [0.2, 0.25) is 5.69 Å². The van der Waals surface area contributed by atoms with Gasteiger partial charge in [0.25, 0.3) is 5.91 Å². The van der Waals surface area contributed by atoms with E-state index >= 15 is 0 Å².